The van der Waals surface area contributed by atoms with Crippen molar-refractivity contribution in [2.45, 2.75) is 37.5 Å². The van der Waals surface area contributed by atoms with E-state index in [2.05, 4.69) is 9.97 Å². The van der Waals surface area contributed by atoms with Crippen LogP contribution in [0.15, 0.2) is 9.59 Å². The normalized spacial score (nSPS) is 26.8. The number of aromatic nitrogens is 4. The molecule has 0 radical (unpaired) electrons. The van der Waals surface area contributed by atoms with Crippen LogP contribution in [-0.4, -0.2) is 65.8 Å². The molecule has 11 nitrogen and oxygen atoms in total. The predicted octanol–water partition coefficient (Wildman–Crippen LogP) is -2.65. The number of nitrogens with two attached hydrogens (primary N) is 1. The number of fused-ring (bicyclic) bond motifs is 1. The minimum absolute atomic E-state index is 0.382. The minimum Gasteiger partial charge on any atom is -0.394 e. The molecule has 3 rings (SSSR count). The van der Waals surface area contributed by atoms with Crippen molar-refractivity contribution in [3.8, 4) is 0 Å². The molecule has 0 spiro atoms. The predicted molar refractivity (Wildman–Crippen MR) is 78.0 cm³/mol. The first-order chi connectivity index (χ1) is 11.8. The number of nitrogens with one attached hydrogen (secondary N) is 1. The van der Waals surface area contributed by atoms with Crippen LogP contribution in [-0.2, 0) is 11.3 Å². The summed E-state index contributed by atoms with van der Waals surface area (Å²) in [4.78, 5) is 30.5. The Labute approximate surface area is 136 Å². The van der Waals surface area contributed by atoms with E-state index >= 15 is 0 Å². The first-order valence-corrected chi connectivity index (χ1v) is 7.17. The third-order valence-corrected chi connectivity index (χ3v) is 3.92. The van der Waals surface area contributed by atoms with Gasteiger partial charge in [0.1, 0.15) is 18.3 Å². The zero-order valence-corrected chi connectivity index (χ0v) is 12.5. The number of nitrogen functional groups attached to an aromatic ring is 1. The van der Waals surface area contributed by atoms with Crippen LogP contribution in [0.5, 0.6) is 0 Å². The third kappa shape index (κ3) is 2.70. The molecule has 0 amide bonds. The number of halogens is 2. The number of aliphatic hydroxyl groups excluding tert-OH is 3. The van der Waals surface area contributed by atoms with Crippen LogP contribution in [0.2, 0.25) is 0 Å². The van der Waals surface area contributed by atoms with Crippen molar-refractivity contribution in [3.63, 3.8) is 0 Å². The quantitative estimate of drug-likeness (QED) is 0.392. The number of rotatable bonds is 4. The molecule has 1 saturated heterocycles. The van der Waals surface area contributed by atoms with Gasteiger partial charge in [0.05, 0.1) is 13.2 Å². The molecule has 4 atom stereocenters. The lowest BCUT2D eigenvalue weighted by Gasteiger charge is -2.15. The second kappa shape index (κ2) is 6.18. The standard InChI is InChI=1S/C12H15F2N5O6/c13-4(14)1-18-5-8(16-11(15)17-9(5)23)19(12(18)24)10-7(22)6(21)3(2-20)25-10/h3-4,6-7,10,20-22H,1-2H2,(H3,15,16,17,23)/t3-,6?,7+,10-/m1/s1. The van der Waals surface area contributed by atoms with Gasteiger partial charge in [0.25, 0.3) is 12.0 Å². The molecule has 0 aromatic carbocycles. The highest BCUT2D eigenvalue weighted by molar-refractivity contribution is 5.71. The fourth-order valence-electron chi connectivity index (χ4n) is 2.83. The van der Waals surface area contributed by atoms with Gasteiger partial charge in [-0.15, -0.1) is 0 Å². The van der Waals surface area contributed by atoms with E-state index in [1.165, 1.54) is 0 Å². The van der Waals surface area contributed by atoms with E-state index in [1.54, 1.807) is 0 Å². The minimum atomic E-state index is -2.95. The molecule has 25 heavy (non-hydrogen) atoms. The van der Waals surface area contributed by atoms with Crippen LogP contribution in [0.1, 0.15) is 6.23 Å². The van der Waals surface area contributed by atoms with Crippen molar-refractivity contribution < 1.29 is 28.8 Å². The van der Waals surface area contributed by atoms with Gasteiger partial charge in [-0.05, 0) is 0 Å². The second-order valence-electron chi connectivity index (χ2n) is 5.51. The first kappa shape index (κ1) is 17.5. The van der Waals surface area contributed by atoms with Gasteiger partial charge in [0, 0.05) is 0 Å². The monoisotopic (exact) mass is 363 g/mol. The summed E-state index contributed by atoms with van der Waals surface area (Å²) in [5, 5.41) is 29.0. The number of H-pyrrole nitrogens is 1. The SMILES string of the molecule is Nc1nc2c(c(=O)[nH]1)n(CC(F)F)c(=O)n2[C@@H]1O[C@H](CO)C(O)[C@@H]1O. The fraction of sp³-hybridized carbons (Fsp3) is 0.583. The molecule has 1 aliphatic heterocycles. The largest absolute Gasteiger partial charge is 0.394 e. The molecule has 3 heterocycles. The number of aliphatic hydroxyl groups is 3. The molecule has 0 bridgehead atoms. The lowest BCUT2D eigenvalue weighted by atomic mass is 10.1. The van der Waals surface area contributed by atoms with Gasteiger partial charge in [-0.3, -0.25) is 14.3 Å². The van der Waals surface area contributed by atoms with Crippen molar-refractivity contribution >= 4 is 17.1 Å². The Kier molecular flexibility index (Phi) is 4.32. The van der Waals surface area contributed by atoms with E-state index in [-0.39, 0.29) is 11.6 Å². The summed E-state index contributed by atoms with van der Waals surface area (Å²) in [5.41, 5.74) is 2.55. The molecule has 1 fully saturated rings. The number of anilines is 1. The van der Waals surface area contributed by atoms with Crippen LogP contribution in [0.4, 0.5) is 14.7 Å². The van der Waals surface area contributed by atoms with Crippen molar-refractivity contribution in [3.05, 3.63) is 20.8 Å². The topological polar surface area (TPSA) is 169 Å². The third-order valence-electron chi connectivity index (χ3n) is 3.92. The van der Waals surface area contributed by atoms with Crippen LogP contribution in [0, 0.1) is 0 Å². The zero-order chi connectivity index (χ0) is 18.5. The van der Waals surface area contributed by atoms with Gasteiger partial charge in [-0.1, -0.05) is 0 Å². The first-order valence-electron chi connectivity index (χ1n) is 7.17. The summed E-state index contributed by atoms with van der Waals surface area (Å²) in [6.07, 6.45) is -8.90. The molecule has 6 N–H and O–H groups in total. The Morgan fingerprint density at radius 3 is 2.56 bits per heavy atom. The molecular weight excluding hydrogens is 348 g/mol. The lowest BCUT2D eigenvalue weighted by molar-refractivity contribution is -0.0529. The Bertz CT molecular complexity index is 908. The van der Waals surface area contributed by atoms with Crippen molar-refractivity contribution in [1.29, 1.82) is 0 Å². The number of alkyl halides is 2. The lowest BCUT2D eigenvalue weighted by Crippen LogP contribution is -2.36. The highest BCUT2D eigenvalue weighted by atomic mass is 19.3. The van der Waals surface area contributed by atoms with E-state index in [1.807, 2.05) is 0 Å². The van der Waals surface area contributed by atoms with Crippen molar-refractivity contribution in [2.24, 2.45) is 0 Å². The van der Waals surface area contributed by atoms with Crippen molar-refractivity contribution in [1.82, 2.24) is 19.1 Å². The Morgan fingerprint density at radius 1 is 1.32 bits per heavy atom. The molecule has 0 aliphatic carbocycles. The highest BCUT2D eigenvalue weighted by Gasteiger charge is 2.45. The summed E-state index contributed by atoms with van der Waals surface area (Å²) in [7, 11) is 0. The summed E-state index contributed by atoms with van der Waals surface area (Å²) in [6.45, 7) is -1.75. The van der Waals surface area contributed by atoms with Crippen LogP contribution in [0.25, 0.3) is 11.2 Å². The zero-order valence-electron chi connectivity index (χ0n) is 12.5. The second-order valence-corrected chi connectivity index (χ2v) is 5.51. The van der Waals surface area contributed by atoms with E-state index in [4.69, 9.17) is 15.6 Å². The summed E-state index contributed by atoms with van der Waals surface area (Å²) in [5.74, 6) is -0.382. The Balaban J connectivity index is 2.27. The van der Waals surface area contributed by atoms with Crippen LogP contribution >= 0.6 is 0 Å². The number of ether oxygens (including phenoxy) is 1. The maximum absolute atomic E-state index is 12.8. The van der Waals surface area contributed by atoms with Gasteiger partial charge in [0.2, 0.25) is 5.95 Å². The maximum Gasteiger partial charge on any atom is 0.332 e. The summed E-state index contributed by atoms with van der Waals surface area (Å²) < 4.78 is 32.0. The Hall–Kier alpha value is -2.35. The smallest absolute Gasteiger partial charge is 0.332 e. The molecule has 1 unspecified atom stereocenters. The van der Waals surface area contributed by atoms with E-state index in [0.29, 0.717) is 9.13 Å². The average molecular weight is 363 g/mol. The summed E-state index contributed by atoms with van der Waals surface area (Å²) >= 11 is 0. The van der Waals surface area contributed by atoms with Gasteiger partial charge >= 0.3 is 5.69 Å². The molecular formula is C12H15F2N5O6. The molecule has 2 aromatic rings. The number of hydrogen-bond acceptors (Lipinski definition) is 8. The maximum atomic E-state index is 12.8. The number of aromatic amines is 1. The van der Waals surface area contributed by atoms with Crippen LogP contribution in [0.3, 0.4) is 0 Å². The molecule has 0 saturated carbocycles. The molecule has 2 aromatic heterocycles. The summed E-state index contributed by atoms with van der Waals surface area (Å²) in [6, 6.07) is 0. The Morgan fingerprint density at radius 2 is 2.00 bits per heavy atom. The van der Waals surface area contributed by atoms with E-state index in [9.17, 15) is 28.6 Å². The average Bonchev–Trinajstić information content (AvgIpc) is 2.95. The van der Waals surface area contributed by atoms with Crippen molar-refractivity contribution in [2.75, 3.05) is 12.3 Å². The van der Waals surface area contributed by atoms with E-state index < -0.39 is 60.9 Å². The van der Waals surface area contributed by atoms with E-state index in [0.717, 1.165) is 0 Å². The van der Waals surface area contributed by atoms with Gasteiger partial charge in [-0.2, -0.15) is 4.98 Å². The number of hydrogen-bond donors (Lipinski definition) is 5. The molecule has 138 valence electrons. The molecule has 13 heteroatoms. The van der Waals surface area contributed by atoms with Gasteiger partial charge < -0.3 is 25.8 Å². The molecule has 1 aliphatic rings. The van der Waals surface area contributed by atoms with Gasteiger partial charge in [0.15, 0.2) is 17.4 Å². The van der Waals surface area contributed by atoms with Gasteiger partial charge in [-0.25, -0.2) is 18.1 Å². The highest BCUT2D eigenvalue weighted by Crippen LogP contribution is 2.30. The fourth-order valence-corrected chi connectivity index (χ4v) is 2.83. The number of imidazole rings is 1. The van der Waals surface area contributed by atoms with Crippen LogP contribution < -0.4 is 17.0 Å². The number of nitrogens with zero attached hydrogens (tertiary/aromatic N) is 3.